The number of carbonyl (C=O) groups excluding carboxylic acids is 1. The van der Waals surface area contributed by atoms with Crippen LogP contribution in [-0.2, 0) is 18.6 Å². The number of phosphoric ester groups is 1. The first-order valence-electron chi connectivity index (χ1n) is 9.56. The summed E-state index contributed by atoms with van der Waals surface area (Å²) in [5, 5.41) is 9.97. The summed E-state index contributed by atoms with van der Waals surface area (Å²) in [6.07, 6.45) is 3.50. The third-order valence-corrected chi connectivity index (χ3v) is 6.33. The molecule has 1 aliphatic carbocycles. The fourth-order valence-electron chi connectivity index (χ4n) is 4.07. The number of hydrogen-bond acceptors (Lipinski definition) is 5. The van der Waals surface area contributed by atoms with Gasteiger partial charge in [-0.05, 0) is 55.8 Å². The number of ether oxygens (including phenoxy) is 1. The molecule has 0 aromatic rings. The molecular formula is C18H35O7P. The van der Waals surface area contributed by atoms with Gasteiger partial charge >= 0.3 is 13.8 Å². The molecule has 1 aliphatic rings. The third kappa shape index (κ3) is 8.05. The van der Waals surface area contributed by atoms with Gasteiger partial charge in [-0.15, -0.1) is 0 Å². The van der Waals surface area contributed by atoms with Crippen LogP contribution in [0.25, 0.3) is 0 Å². The van der Waals surface area contributed by atoms with Gasteiger partial charge in [-0.3, -0.25) is 9.32 Å². The quantitative estimate of drug-likeness (QED) is 0.385. The maximum atomic E-state index is 11.7. The second kappa shape index (κ2) is 10.8. The van der Waals surface area contributed by atoms with Gasteiger partial charge in [0.1, 0.15) is 0 Å². The number of rotatable bonds is 10. The van der Waals surface area contributed by atoms with Crippen LogP contribution in [-0.4, -0.2) is 40.2 Å². The maximum Gasteiger partial charge on any atom is 0.469 e. The second-order valence-electron chi connectivity index (χ2n) is 7.76. The summed E-state index contributed by atoms with van der Waals surface area (Å²) in [5.74, 6) is -0.121. The molecule has 3 unspecified atom stereocenters. The summed E-state index contributed by atoms with van der Waals surface area (Å²) in [7, 11) is -3.32. The Hall–Kier alpha value is -0.460. The molecule has 0 spiro atoms. The summed E-state index contributed by atoms with van der Waals surface area (Å²) in [6, 6.07) is 0. The van der Waals surface area contributed by atoms with Crippen molar-refractivity contribution in [3.8, 4) is 0 Å². The highest BCUT2D eigenvalue weighted by Gasteiger charge is 2.37. The van der Waals surface area contributed by atoms with E-state index in [0.29, 0.717) is 18.8 Å². The third-order valence-electron chi connectivity index (χ3n) is 5.79. The van der Waals surface area contributed by atoms with E-state index in [-0.39, 0.29) is 36.2 Å². The van der Waals surface area contributed by atoms with E-state index in [9.17, 15) is 24.3 Å². The van der Waals surface area contributed by atoms with E-state index in [1.807, 2.05) is 13.8 Å². The van der Waals surface area contributed by atoms with Crippen molar-refractivity contribution >= 4 is 13.8 Å². The molecule has 1 fully saturated rings. The smallest absolute Gasteiger partial charge is 0.469 e. The normalized spacial score (nSPS) is 27.6. The highest BCUT2D eigenvalue weighted by molar-refractivity contribution is 7.46. The van der Waals surface area contributed by atoms with Crippen LogP contribution in [0.3, 0.4) is 0 Å². The lowest BCUT2D eigenvalue weighted by Gasteiger charge is -2.37. The highest BCUT2D eigenvalue weighted by Crippen LogP contribution is 2.45. The lowest BCUT2D eigenvalue weighted by Crippen LogP contribution is -2.35. The van der Waals surface area contributed by atoms with E-state index in [0.717, 1.165) is 25.7 Å². The van der Waals surface area contributed by atoms with Crippen LogP contribution in [0, 0.1) is 23.7 Å². The number of hydrogen-bond donors (Lipinski definition) is 3. The first kappa shape index (κ1) is 23.6. The zero-order valence-electron chi connectivity index (χ0n) is 16.3. The molecule has 3 N–H and O–H groups in total. The Labute approximate surface area is 156 Å². The predicted molar refractivity (Wildman–Crippen MR) is 98.2 cm³/mol. The molecule has 0 amide bonds. The van der Waals surface area contributed by atoms with Gasteiger partial charge in [-0.1, -0.05) is 27.2 Å². The monoisotopic (exact) mass is 394 g/mol. The number of esters is 1. The van der Waals surface area contributed by atoms with E-state index in [2.05, 4.69) is 6.92 Å². The first-order valence-corrected chi connectivity index (χ1v) is 11.1. The summed E-state index contributed by atoms with van der Waals surface area (Å²) < 4.78 is 21.5. The van der Waals surface area contributed by atoms with E-state index in [4.69, 9.17) is 9.26 Å². The molecule has 0 aromatic heterocycles. The fraction of sp³-hybridized carbons (Fsp3) is 0.944. The van der Waals surface area contributed by atoms with Crippen LogP contribution in [0.2, 0.25) is 0 Å². The van der Waals surface area contributed by atoms with Gasteiger partial charge in [0.2, 0.25) is 0 Å². The fourth-order valence-corrected chi connectivity index (χ4v) is 4.70. The van der Waals surface area contributed by atoms with Crippen LogP contribution in [0.1, 0.15) is 65.7 Å². The summed E-state index contributed by atoms with van der Waals surface area (Å²) in [5.41, 5.74) is 0. The first-order chi connectivity index (χ1) is 12.1. The van der Waals surface area contributed by atoms with Crippen LogP contribution >= 0.6 is 7.82 Å². The van der Waals surface area contributed by atoms with Crippen molar-refractivity contribution in [2.45, 2.75) is 77.9 Å². The standard InChI is InChI=1S/C18H35O7P/c1-5-6-14(11-18(20)24-4)13(3)17(25-26(21,22)23)10-15-9-16(19)8-7-12(15)2/h12-17,19H,5-11H2,1-4H3,(H2,21,22,23)/t12?,13?,14-,15?,16-,17-/m1/s1. The minimum absolute atomic E-state index is 0.0761. The SMILES string of the molecule is CCC[C@H](CC(=O)OC)C(C)[C@@H](CC1C[C@H](O)CCC1C)OP(=O)(O)O. The Bertz CT molecular complexity index is 478. The molecular weight excluding hydrogens is 359 g/mol. The number of methoxy groups -OCH3 is 1. The van der Waals surface area contributed by atoms with E-state index < -0.39 is 13.9 Å². The molecule has 154 valence electrons. The molecule has 0 heterocycles. The van der Waals surface area contributed by atoms with Crippen molar-refractivity contribution in [2.24, 2.45) is 23.7 Å². The lowest BCUT2D eigenvalue weighted by molar-refractivity contribution is -0.142. The van der Waals surface area contributed by atoms with Gasteiger partial charge in [0.15, 0.2) is 0 Å². The minimum atomic E-state index is -4.66. The lowest BCUT2D eigenvalue weighted by atomic mass is 9.73. The second-order valence-corrected chi connectivity index (χ2v) is 8.95. The number of aliphatic hydroxyl groups is 1. The molecule has 0 aromatic carbocycles. The van der Waals surface area contributed by atoms with Crippen LogP contribution in [0.5, 0.6) is 0 Å². The number of carbonyl (C=O) groups is 1. The Balaban J connectivity index is 2.94. The Morgan fingerprint density at radius 3 is 2.50 bits per heavy atom. The molecule has 1 saturated carbocycles. The number of aliphatic hydroxyl groups excluding tert-OH is 1. The van der Waals surface area contributed by atoms with Crippen molar-refractivity contribution in [3.05, 3.63) is 0 Å². The predicted octanol–water partition coefficient (Wildman–Crippen LogP) is 3.27. The van der Waals surface area contributed by atoms with Crippen LogP contribution in [0.15, 0.2) is 0 Å². The average Bonchev–Trinajstić information content (AvgIpc) is 2.55. The van der Waals surface area contributed by atoms with Crippen LogP contribution in [0.4, 0.5) is 0 Å². The van der Waals surface area contributed by atoms with Gasteiger partial charge in [0, 0.05) is 6.42 Å². The molecule has 1 rings (SSSR count). The molecule has 0 bridgehead atoms. The van der Waals surface area contributed by atoms with Crippen LogP contribution < -0.4 is 0 Å². The summed E-state index contributed by atoms with van der Waals surface area (Å²) in [6.45, 7) is 6.00. The maximum absolute atomic E-state index is 11.7. The summed E-state index contributed by atoms with van der Waals surface area (Å²) >= 11 is 0. The molecule has 0 radical (unpaired) electrons. The molecule has 0 aliphatic heterocycles. The minimum Gasteiger partial charge on any atom is -0.469 e. The molecule has 7 nitrogen and oxygen atoms in total. The highest BCUT2D eigenvalue weighted by atomic mass is 31.2. The Morgan fingerprint density at radius 2 is 1.96 bits per heavy atom. The van der Waals surface area contributed by atoms with Crippen molar-refractivity contribution in [1.82, 2.24) is 0 Å². The molecule has 26 heavy (non-hydrogen) atoms. The van der Waals surface area contributed by atoms with Crippen molar-refractivity contribution < 1.29 is 33.5 Å². The molecule has 6 atom stereocenters. The van der Waals surface area contributed by atoms with Gasteiger partial charge < -0.3 is 19.6 Å². The van der Waals surface area contributed by atoms with E-state index in [1.54, 1.807) is 0 Å². The van der Waals surface area contributed by atoms with Gasteiger partial charge in [-0.2, -0.15) is 0 Å². The summed E-state index contributed by atoms with van der Waals surface area (Å²) in [4.78, 5) is 30.5. The zero-order valence-corrected chi connectivity index (χ0v) is 17.2. The van der Waals surface area contributed by atoms with E-state index in [1.165, 1.54) is 7.11 Å². The molecule has 8 heteroatoms. The zero-order chi connectivity index (χ0) is 19.9. The van der Waals surface area contributed by atoms with Gasteiger partial charge in [0.25, 0.3) is 0 Å². The average molecular weight is 394 g/mol. The van der Waals surface area contributed by atoms with Gasteiger partial charge in [-0.25, -0.2) is 4.57 Å². The Kier molecular flexibility index (Phi) is 9.76. The van der Waals surface area contributed by atoms with E-state index >= 15 is 0 Å². The largest absolute Gasteiger partial charge is 0.469 e. The van der Waals surface area contributed by atoms with Gasteiger partial charge in [0.05, 0.1) is 19.3 Å². The topological polar surface area (TPSA) is 113 Å². The van der Waals surface area contributed by atoms with Crippen molar-refractivity contribution in [3.63, 3.8) is 0 Å². The molecule has 0 saturated heterocycles. The van der Waals surface area contributed by atoms with Crippen molar-refractivity contribution in [1.29, 1.82) is 0 Å². The number of phosphoric acid groups is 1. The Morgan fingerprint density at radius 1 is 1.31 bits per heavy atom. The van der Waals surface area contributed by atoms with Crippen molar-refractivity contribution in [2.75, 3.05) is 7.11 Å².